The van der Waals surface area contributed by atoms with E-state index in [-0.39, 0.29) is 11.6 Å². The van der Waals surface area contributed by atoms with E-state index in [0.29, 0.717) is 42.4 Å². The number of aromatic amines is 1. The number of hydrogen-bond donors (Lipinski definition) is 1. The van der Waals surface area contributed by atoms with Gasteiger partial charge in [-0.25, -0.2) is 4.98 Å². The molecule has 1 saturated carbocycles. The summed E-state index contributed by atoms with van der Waals surface area (Å²) >= 11 is 0. The summed E-state index contributed by atoms with van der Waals surface area (Å²) in [6.45, 7) is 7.48. The minimum atomic E-state index is -0.405. The van der Waals surface area contributed by atoms with Crippen molar-refractivity contribution in [3.63, 3.8) is 0 Å². The molecule has 1 spiro atoms. The Morgan fingerprint density at radius 1 is 1.14 bits per heavy atom. The molecule has 1 N–H and O–H groups in total. The number of hydrogen-bond acceptors (Lipinski definition) is 7. The summed E-state index contributed by atoms with van der Waals surface area (Å²) in [6, 6.07) is 6.40. The van der Waals surface area contributed by atoms with Crippen LogP contribution in [-0.2, 0) is 9.47 Å². The summed E-state index contributed by atoms with van der Waals surface area (Å²) < 4.78 is 19.7. The molecule has 3 aromatic rings. The number of H-pyrrole nitrogens is 1. The second-order valence-electron chi connectivity index (χ2n) is 10.1. The van der Waals surface area contributed by atoms with Gasteiger partial charge < -0.3 is 24.1 Å². The van der Waals surface area contributed by atoms with E-state index in [1.165, 1.54) is 19.3 Å². The number of benzene rings is 1. The van der Waals surface area contributed by atoms with Gasteiger partial charge in [0.05, 0.1) is 37.1 Å². The van der Waals surface area contributed by atoms with Crippen molar-refractivity contribution in [3.8, 4) is 17.1 Å². The third-order valence-corrected chi connectivity index (χ3v) is 7.87. The van der Waals surface area contributed by atoms with E-state index in [1.54, 1.807) is 0 Å². The summed E-state index contributed by atoms with van der Waals surface area (Å²) in [4.78, 5) is 23.6. The number of piperidine rings is 1. The molecule has 3 aliphatic rings. The molecule has 6 rings (SSSR count). The lowest BCUT2D eigenvalue weighted by molar-refractivity contribution is -0.169. The minimum absolute atomic E-state index is 0.148. The third-order valence-electron chi connectivity index (χ3n) is 7.87. The number of rotatable bonds is 5. The van der Waals surface area contributed by atoms with Gasteiger partial charge in [-0.2, -0.15) is 5.10 Å². The Morgan fingerprint density at radius 2 is 1.89 bits per heavy atom. The molecule has 0 amide bonds. The topological polar surface area (TPSA) is 94.5 Å². The molecule has 0 bridgehead atoms. The van der Waals surface area contributed by atoms with E-state index in [0.717, 1.165) is 55.7 Å². The van der Waals surface area contributed by atoms with Gasteiger partial charge in [-0.1, -0.05) is 19.3 Å². The number of anilines is 1. The normalized spacial score (nSPS) is 20.4. The number of ether oxygens (including phenoxy) is 3. The van der Waals surface area contributed by atoms with Crippen LogP contribution in [0, 0.1) is 6.92 Å². The first-order chi connectivity index (χ1) is 17.6. The number of nitrogens with one attached hydrogen (secondary N) is 1. The predicted octanol–water partition coefficient (Wildman–Crippen LogP) is 4.34. The second-order valence-corrected chi connectivity index (χ2v) is 10.1. The van der Waals surface area contributed by atoms with Crippen molar-refractivity contribution in [3.05, 3.63) is 34.2 Å². The van der Waals surface area contributed by atoms with Gasteiger partial charge in [0.15, 0.2) is 11.3 Å². The van der Waals surface area contributed by atoms with E-state index in [4.69, 9.17) is 24.3 Å². The summed E-state index contributed by atoms with van der Waals surface area (Å²) in [5.74, 6) is 0.820. The van der Waals surface area contributed by atoms with Crippen LogP contribution in [0.1, 0.15) is 63.6 Å². The van der Waals surface area contributed by atoms with Crippen LogP contribution in [0.2, 0.25) is 0 Å². The van der Waals surface area contributed by atoms with Gasteiger partial charge in [-0.3, -0.25) is 9.48 Å². The van der Waals surface area contributed by atoms with Crippen molar-refractivity contribution in [1.29, 1.82) is 0 Å². The molecular weight excluding hydrogens is 458 g/mol. The Hall–Kier alpha value is -2.91. The van der Waals surface area contributed by atoms with Crippen molar-refractivity contribution in [1.82, 2.24) is 19.7 Å². The molecule has 2 aliphatic heterocycles. The number of fused-ring (bicyclic) bond motifs is 1. The SMILES string of the molecule is CCOc1cc(N2CCC3(CC2)OCCO3)ccc1-c1nc2c(C)nn(C3CCCCC3)c2c(=O)[nH]1. The molecule has 0 radical (unpaired) electrons. The quantitative estimate of drug-likeness (QED) is 0.565. The molecule has 3 fully saturated rings. The first-order valence-corrected chi connectivity index (χ1v) is 13.4. The van der Waals surface area contributed by atoms with E-state index < -0.39 is 5.79 Å². The van der Waals surface area contributed by atoms with Crippen LogP contribution in [0.25, 0.3) is 22.4 Å². The van der Waals surface area contributed by atoms with Gasteiger partial charge in [0.25, 0.3) is 5.56 Å². The minimum Gasteiger partial charge on any atom is -0.493 e. The number of nitrogens with zero attached hydrogens (tertiary/aromatic N) is 4. The van der Waals surface area contributed by atoms with Crippen molar-refractivity contribution in [2.24, 2.45) is 0 Å². The van der Waals surface area contributed by atoms with Crippen molar-refractivity contribution < 1.29 is 14.2 Å². The van der Waals surface area contributed by atoms with Crippen LogP contribution in [0.4, 0.5) is 5.69 Å². The summed E-state index contributed by atoms with van der Waals surface area (Å²) in [5.41, 5.74) is 3.75. The van der Waals surface area contributed by atoms with E-state index in [9.17, 15) is 4.79 Å². The molecule has 0 atom stereocenters. The Bertz CT molecular complexity index is 1290. The molecule has 9 heteroatoms. The Kier molecular flexibility index (Phi) is 6.21. The first-order valence-electron chi connectivity index (χ1n) is 13.4. The van der Waals surface area contributed by atoms with E-state index >= 15 is 0 Å². The number of aryl methyl sites for hydroxylation is 1. The Balaban J connectivity index is 1.32. The molecule has 4 heterocycles. The van der Waals surface area contributed by atoms with Crippen LogP contribution >= 0.6 is 0 Å². The lowest BCUT2D eigenvalue weighted by Gasteiger charge is -2.38. The summed E-state index contributed by atoms with van der Waals surface area (Å²) in [5, 5.41) is 4.75. The largest absolute Gasteiger partial charge is 0.493 e. The van der Waals surface area contributed by atoms with Crippen molar-refractivity contribution in [2.45, 2.75) is 70.6 Å². The molecule has 0 unspecified atom stereocenters. The molecule has 1 aromatic carbocycles. The van der Waals surface area contributed by atoms with Crippen LogP contribution < -0.4 is 15.2 Å². The molecule has 2 saturated heterocycles. The van der Waals surface area contributed by atoms with Crippen LogP contribution in [-0.4, -0.2) is 58.4 Å². The maximum Gasteiger partial charge on any atom is 0.277 e. The van der Waals surface area contributed by atoms with Crippen LogP contribution in [0.15, 0.2) is 23.0 Å². The highest BCUT2D eigenvalue weighted by Crippen LogP contribution is 2.37. The van der Waals surface area contributed by atoms with Gasteiger partial charge in [0, 0.05) is 37.7 Å². The lowest BCUT2D eigenvalue weighted by atomic mass is 9.95. The highest BCUT2D eigenvalue weighted by atomic mass is 16.7. The average molecular weight is 494 g/mol. The lowest BCUT2D eigenvalue weighted by Crippen LogP contribution is -2.45. The maximum atomic E-state index is 13.3. The third kappa shape index (κ3) is 4.18. The average Bonchev–Trinajstić information content (AvgIpc) is 3.50. The Labute approximate surface area is 210 Å². The second kappa shape index (κ2) is 9.52. The summed E-state index contributed by atoms with van der Waals surface area (Å²) in [6.07, 6.45) is 7.41. The molecule has 1 aliphatic carbocycles. The van der Waals surface area contributed by atoms with Gasteiger partial charge in [-0.05, 0) is 38.8 Å². The first kappa shape index (κ1) is 23.5. The smallest absolute Gasteiger partial charge is 0.277 e. The Morgan fingerprint density at radius 3 is 2.61 bits per heavy atom. The summed E-state index contributed by atoms with van der Waals surface area (Å²) in [7, 11) is 0. The fourth-order valence-electron chi connectivity index (χ4n) is 5.98. The maximum absolute atomic E-state index is 13.3. The zero-order valence-electron chi connectivity index (χ0n) is 21.2. The fraction of sp³-hybridized carbons (Fsp3) is 0.593. The van der Waals surface area contributed by atoms with Crippen LogP contribution in [0.5, 0.6) is 5.75 Å². The van der Waals surface area contributed by atoms with Gasteiger partial charge in [0.2, 0.25) is 0 Å². The molecular formula is C27H35N5O4. The fourth-order valence-corrected chi connectivity index (χ4v) is 5.98. The van der Waals surface area contributed by atoms with Crippen molar-refractivity contribution in [2.75, 3.05) is 37.8 Å². The van der Waals surface area contributed by atoms with Gasteiger partial charge in [-0.15, -0.1) is 0 Å². The van der Waals surface area contributed by atoms with Crippen molar-refractivity contribution >= 4 is 16.7 Å². The van der Waals surface area contributed by atoms with E-state index in [1.807, 2.05) is 24.6 Å². The monoisotopic (exact) mass is 493 g/mol. The van der Waals surface area contributed by atoms with Crippen LogP contribution in [0.3, 0.4) is 0 Å². The zero-order valence-corrected chi connectivity index (χ0v) is 21.2. The highest BCUT2D eigenvalue weighted by molar-refractivity contribution is 5.80. The van der Waals surface area contributed by atoms with Gasteiger partial charge >= 0.3 is 0 Å². The van der Waals surface area contributed by atoms with E-state index in [2.05, 4.69) is 22.0 Å². The number of aromatic nitrogens is 4. The highest BCUT2D eigenvalue weighted by Gasteiger charge is 2.40. The predicted molar refractivity (Wildman–Crippen MR) is 138 cm³/mol. The molecule has 2 aromatic heterocycles. The molecule has 9 nitrogen and oxygen atoms in total. The molecule has 192 valence electrons. The standard InChI is InChI=1S/C27H35N5O4/c1-3-34-22-17-20(31-13-11-27(12-14-31)35-15-16-36-27)9-10-21(22)25-28-23-18(2)30-32(24(23)26(33)29-25)19-7-5-4-6-8-19/h9-10,17,19H,3-8,11-16H2,1-2H3,(H,28,29,33). The van der Waals surface area contributed by atoms with Gasteiger partial charge in [0.1, 0.15) is 17.1 Å². The zero-order chi connectivity index (χ0) is 24.7. The molecule has 36 heavy (non-hydrogen) atoms.